The Bertz CT molecular complexity index is 700. The lowest BCUT2D eigenvalue weighted by Crippen LogP contribution is -2.59. The van der Waals surface area contributed by atoms with Gasteiger partial charge in [-0.25, -0.2) is 0 Å². The molecular formula is C23H32N3O2. The molecule has 2 aliphatic carbocycles. The number of hydrogen-bond donors (Lipinski definition) is 2. The first-order chi connectivity index (χ1) is 13.5. The molecule has 2 saturated carbocycles. The van der Waals surface area contributed by atoms with Crippen molar-refractivity contribution >= 4 is 11.8 Å². The number of nitrogens with two attached hydrogens (primary N) is 1. The molecule has 0 unspecified atom stereocenters. The lowest BCUT2D eigenvalue weighted by atomic mass is 9.70. The fourth-order valence-electron chi connectivity index (χ4n) is 5.37. The number of hydrogen-bond acceptors (Lipinski definition) is 3. The van der Waals surface area contributed by atoms with Crippen LogP contribution in [0.1, 0.15) is 56.9 Å². The average molecular weight is 383 g/mol. The van der Waals surface area contributed by atoms with E-state index in [4.69, 9.17) is 5.73 Å². The number of rotatable bonds is 7. The van der Waals surface area contributed by atoms with Gasteiger partial charge in [-0.05, 0) is 81.4 Å². The van der Waals surface area contributed by atoms with Gasteiger partial charge in [0.15, 0.2) is 0 Å². The highest BCUT2D eigenvalue weighted by Crippen LogP contribution is 2.57. The minimum atomic E-state index is -0.900. The maximum atomic E-state index is 12.5. The number of primary amides is 1. The van der Waals surface area contributed by atoms with E-state index in [-0.39, 0.29) is 5.91 Å². The number of nitrogens with one attached hydrogen (secondary N) is 1. The smallest absolute Gasteiger partial charge is 0.243 e. The van der Waals surface area contributed by atoms with Crippen LogP contribution in [0.25, 0.3) is 0 Å². The van der Waals surface area contributed by atoms with Crippen LogP contribution in [0.3, 0.4) is 0 Å². The minimum absolute atomic E-state index is 0.235. The van der Waals surface area contributed by atoms with Crippen molar-refractivity contribution in [2.24, 2.45) is 17.1 Å². The molecule has 0 atom stereocenters. The Hall–Kier alpha value is -1.88. The first-order valence-corrected chi connectivity index (χ1v) is 10.8. The summed E-state index contributed by atoms with van der Waals surface area (Å²) in [5.41, 5.74) is 6.15. The highest BCUT2D eigenvalue weighted by molar-refractivity contribution is 5.95. The topological polar surface area (TPSA) is 75.4 Å². The Morgan fingerprint density at radius 1 is 1.07 bits per heavy atom. The summed E-state index contributed by atoms with van der Waals surface area (Å²) < 4.78 is 0. The average Bonchev–Trinajstić information content (AvgIpc) is 3.28. The normalized spacial score (nSPS) is 29.4. The highest BCUT2D eigenvalue weighted by Gasteiger charge is 2.53. The fourth-order valence-corrected chi connectivity index (χ4v) is 5.37. The van der Waals surface area contributed by atoms with Gasteiger partial charge in [-0.15, -0.1) is 0 Å². The van der Waals surface area contributed by atoms with Gasteiger partial charge in [0.1, 0.15) is 5.54 Å². The van der Waals surface area contributed by atoms with Crippen LogP contribution in [0, 0.1) is 17.8 Å². The number of carbonyl (C=O) groups is 2. The number of likely N-dealkylation sites (tertiary alicyclic amines) is 1. The highest BCUT2D eigenvalue weighted by atomic mass is 16.2. The van der Waals surface area contributed by atoms with Crippen molar-refractivity contribution < 1.29 is 9.59 Å². The summed E-state index contributed by atoms with van der Waals surface area (Å²) in [7, 11) is 0. The minimum Gasteiger partial charge on any atom is -0.368 e. The monoisotopic (exact) mass is 382 g/mol. The quantitative estimate of drug-likeness (QED) is 0.761. The van der Waals surface area contributed by atoms with Gasteiger partial charge >= 0.3 is 0 Å². The van der Waals surface area contributed by atoms with Crippen molar-refractivity contribution in [3.8, 4) is 0 Å². The van der Waals surface area contributed by atoms with Gasteiger partial charge in [-0.1, -0.05) is 30.3 Å². The Labute approximate surface area is 168 Å². The number of carbonyl (C=O) groups excluding carboxylic acids is 2. The molecule has 0 spiro atoms. The van der Waals surface area contributed by atoms with E-state index in [1.54, 1.807) is 6.42 Å². The molecule has 3 N–H and O–H groups in total. The number of benzene rings is 1. The van der Waals surface area contributed by atoms with Crippen LogP contribution in [0.5, 0.6) is 0 Å². The van der Waals surface area contributed by atoms with Gasteiger partial charge in [0, 0.05) is 6.54 Å². The largest absolute Gasteiger partial charge is 0.368 e. The number of amides is 2. The molecule has 1 radical (unpaired) electrons. The molecule has 2 amide bonds. The predicted molar refractivity (Wildman–Crippen MR) is 109 cm³/mol. The predicted octanol–water partition coefficient (Wildman–Crippen LogP) is 2.65. The van der Waals surface area contributed by atoms with Crippen LogP contribution in [0.4, 0.5) is 0 Å². The summed E-state index contributed by atoms with van der Waals surface area (Å²) in [6, 6.07) is 9.45. The molecular weight excluding hydrogens is 350 g/mol. The molecule has 5 nitrogen and oxygen atoms in total. The van der Waals surface area contributed by atoms with E-state index in [0.29, 0.717) is 24.2 Å². The van der Waals surface area contributed by atoms with Gasteiger partial charge in [0.25, 0.3) is 0 Å². The van der Waals surface area contributed by atoms with E-state index in [9.17, 15) is 9.59 Å². The molecule has 1 aromatic rings. The Morgan fingerprint density at radius 3 is 2.29 bits per heavy atom. The third-order valence-corrected chi connectivity index (χ3v) is 7.27. The summed E-state index contributed by atoms with van der Waals surface area (Å²) >= 11 is 0. The van der Waals surface area contributed by atoms with E-state index in [0.717, 1.165) is 18.4 Å². The van der Waals surface area contributed by atoms with Crippen LogP contribution in [-0.2, 0) is 9.59 Å². The molecule has 3 aliphatic rings. The third-order valence-electron chi connectivity index (χ3n) is 7.27. The zero-order chi connectivity index (χ0) is 19.6. The van der Waals surface area contributed by atoms with Crippen molar-refractivity contribution in [2.75, 3.05) is 19.6 Å². The lowest BCUT2D eigenvalue weighted by molar-refractivity contribution is -0.132. The third kappa shape index (κ3) is 4.09. The summed E-state index contributed by atoms with van der Waals surface area (Å²) in [4.78, 5) is 27.5. The molecule has 3 fully saturated rings. The van der Waals surface area contributed by atoms with Crippen molar-refractivity contribution in [1.82, 2.24) is 10.2 Å². The van der Waals surface area contributed by atoms with Crippen molar-refractivity contribution in [1.29, 1.82) is 0 Å². The molecule has 28 heavy (non-hydrogen) atoms. The maximum absolute atomic E-state index is 12.5. The second-order valence-corrected chi connectivity index (χ2v) is 9.11. The van der Waals surface area contributed by atoms with E-state index < -0.39 is 11.4 Å². The van der Waals surface area contributed by atoms with E-state index >= 15 is 0 Å². The van der Waals surface area contributed by atoms with E-state index in [1.807, 2.05) is 30.3 Å². The van der Waals surface area contributed by atoms with E-state index in [1.165, 1.54) is 45.3 Å². The summed E-state index contributed by atoms with van der Waals surface area (Å²) in [6.45, 7) is 3.70. The van der Waals surface area contributed by atoms with Crippen molar-refractivity contribution in [3.05, 3.63) is 42.3 Å². The molecule has 1 aromatic carbocycles. The molecule has 4 rings (SSSR count). The Balaban J connectivity index is 1.36. The fraction of sp³-hybridized carbons (Fsp3) is 0.609. The van der Waals surface area contributed by atoms with Crippen molar-refractivity contribution in [2.45, 2.75) is 56.9 Å². The Kier molecular flexibility index (Phi) is 5.46. The van der Waals surface area contributed by atoms with Crippen LogP contribution >= 0.6 is 0 Å². The Morgan fingerprint density at radius 2 is 1.71 bits per heavy atom. The molecule has 1 heterocycles. The van der Waals surface area contributed by atoms with Gasteiger partial charge in [-0.2, -0.15) is 0 Å². The van der Waals surface area contributed by atoms with Crippen LogP contribution in [-0.4, -0.2) is 41.9 Å². The lowest BCUT2D eigenvalue weighted by Gasteiger charge is -2.42. The van der Waals surface area contributed by atoms with E-state index in [2.05, 4.69) is 10.2 Å². The first kappa shape index (κ1) is 19.4. The number of nitrogens with zero attached hydrogens (tertiary/aromatic N) is 1. The van der Waals surface area contributed by atoms with Gasteiger partial charge in [0.2, 0.25) is 11.8 Å². The molecule has 0 aromatic heterocycles. The van der Waals surface area contributed by atoms with Crippen molar-refractivity contribution in [3.63, 3.8) is 0 Å². The summed E-state index contributed by atoms with van der Waals surface area (Å²) in [5.74, 6) is 0.0161. The summed E-state index contributed by atoms with van der Waals surface area (Å²) in [6.07, 6.45) is 10.1. The van der Waals surface area contributed by atoms with Gasteiger partial charge in [0.05, 0.1) is 6.42 Å². The SMILES string of the molecule is NC(=O)C1(NC(=O)[CH]c2ccccc2)CCC(C2(CN3CCCC3)CC2)CC1. The zero-order valence-corrected chi connectivity index (χ0v) is 16.7. The van der Waals surface area contributed by atoms with Crippen LogP contribution in [0.15, 0.2) is 30.3 Å². The van der Waals surface area contributed by atoms with Gasteiger partial charge < -0.3 is 16.0 Å². The molecule has 5 heteroatoms. The molecule has 151 valence electrons. The van der Waals surface area contributed by atoms with Gasteiger partial charge in [-0.3, -0.25) is 9.59 Å². The molecule has 0 bridgehead atoms. The first-order valence-electron chi connectivity index (χ1n) is 10.8. The standard InChI is InChI=1S/C23H32N3O2/c24-21(28)23(25-20(27)16-18-6-2-1-3-7-18)10-8-19(9-11-23)22(12-13-22)17-26-14-4-5-15-26/h1-3,6-7,16,19H,4-5,8-15,17H2,(H2,24,28)(H,25,27). The molecule has 1 saturated heterocycles. The second kappa shape index (κ2) is 7.86. The second-order valence-electron chi connectivity index (χ2n) is 9.11. The maximum Gasteiger partial charge on any atom is 0.243 e. The summed E-state index contributed by atoms with van der Waals surface area (Å²) in [5, 5.41) is 2.97. The molecule has 1 aliphatic heterocycles. The van der Waals surface area contributed by atoms with Crippen LogP contribution < -0.4 is 11.1 Å². The van der Waals surface area contributed by atoms with Crippen LogP contribution in [0.2, 0.25) is 0 Å². The zero-order valence-electron chi connectivity index (χ0n) is 16.7.